The van der Waals surface area contributed by atoms with Crippen LogP contribution in [0.4, 0.5) is 0 Å². The minimum Gasteiger partial charge on any atom is -0.619 e. The molecule has 0 atom stereocenters. The maximum Gasteiger partial charge on any atom is 0.184 e. The van der Waals surface area contributed by atoms with E-state index in [2.05, 4.69) is 9.97 Å². The van der Waals surface area contributed by atoms with Crippen molar-refractivity contribution in [3.05, 3.63) is 60.2 Å². The van der Waals surface area contributed by atoms with Crippen molar-refractivity contribution in [3.63, 3.8) is 0 Å². The fraction of sp³-hybridized carbons (Fsp3) is 0.0833. The van der Waals surface area contributed by atoms with Gasteiger partial charge in [-0.15, -0.1) is 0 Å². The molecule has 0 N–H and O–H groups in total. The molecule has 0 aliphatic carbocycles. The number of hydrogen-bond acceptors (Lipinski definition) is 4. The first-order valence-electron chi connectivity index (χ1n) is 5.40. The van der Waals surface area contributed by atoms with Gasteiger partial charge in [0.05, 0.1) is 5.69 Å². The first kappa shape index (κ1) is 10.5. The van der Waals surface area contributed by atoms with Crippen LogP contribution in [0.25, 0.3) is 5.65 Å². The van der Waals surface area contributed by atoms with Crippen LogP contribution >= 0.6 is 0 Å². The minimum atomic E-state index is 0.352. The smallest absolute Gasteiger partial charge is 0.184 e. The zero-order chi connectivity index (χ0) is 12.4. The second-order valence-electron chi connectivity index (χ2n) is 3.76. The summed E-state index contributed by atoms with van der Waals surface area (Å²) < 4.78 is 8.07. The van der Waals surface area contributed by atoms with E-state index in [9.17, 15) is 5.21 Å². The van der Waals surface area contributed by atoms with Crippen LogP contribution in [-0.2, 0) is 6.61 Å². The zero-order valence-corrected chi connectivity index (χ0v) is 9.43. The van der Waals surface area contributed by atoms with Crippen molar-refractivity contribution in [2.24, 2.45) is 0 Å². The molecule has 3 aromatic heterocycles. The topological polar surface area (TPSA) is 66.4 Å². The Balaban J connectivity index is 1.74. The van der Waals surface area contributed by atoms with E-state index in [0.717, 1.165) is 11.3 Å². The van der Waals surface area contributed by atoms with Crippen LogP contribution in [0.2, 0.25) is 0 Å². The second kappa shape index (κ2) is 4.33. The zero-order valence-electron chi connectivity index (χ0n) is 9.43. The van der Waals surface area contributed by atoms with Crippen molar-refractivity contribution in [3.8, 4) is 5.75 Å². The van der Waals surface area contributed by atoms with Gasteiger partial charge in [-0.2, -0.15) is 4.73 Å². The lowest BCUT2D eigenvalue weighted by Crippen LogP contribution is -2.23. The highest BCUT2D eigenvalue weighted by atomic mass is 16.5. The van der Waals surface area contributed by atoms with E-state index < -0.39 is 0 Å². The van der Waals surface area contributed by atoms with Gasteiger partial charge in [-0.1, -0.05) is 0 Å². The van der Waals surface area contributed by atoms with Gasteiger partial charge >= 0.3 is 0 Å². The van der Waals surface area contributed by atoms with Crippen molar-refractivity contribution in [1.82, 2.24) is 14.4 Å². The predicted molar refractivity (Wildman–Crippen MR) is 62.7 cm³/mol. The Morgan fingerprint density at radius 2 is 2.11 bits per heavy atom. The van der Waals surface area contributed by atoms with E-state index in [1.54, 1.807) is 24.7 Å². The summed E-state index contributed by atoms with van der Waals surface area (Å²) in [5, 5.41) is 10.9. The Kier molecular flexibility index (Phi) is 2.53. The Labute approximate surface area is 103 Å². The number of rotatable bonds is 3. The third-order valence-corrected chi connectivity index (χ3v) is 2.47. The molecule has 0 aromatic carbocycles. The Morgan fingerprint density at radius 3 is 2.89 bits per heavy atom. The molecule has 6 nitrogen and oxygen atoms in total. The average Bonchev–Trinajstić information content (AvgIpc) is 2.81. The van der Waals surface area contributed by atoms with Crippen LogP contribution < -0.4 is 9.47 Å². The van der Waals surface area contributed by atoms with Crippen LogP contribution in [0.5, 0.6) is 5.75 Å². The molecule has 3 heterocycles. The van der Waals surface area contributed by atoms with E-state index in [0.29, 0.717) is 17.1 Å². The van der Waals surface area contributed by atoms with Crippen molar-refractivity contribution in [1.29, 1.82) is 0 Å². The first-order chi connectivity index (χ1) is 8.81. The van der Waals surface area contributed by atoms with Crippen LogP contribution in [0.15, 0.2) is 49.3 Å². The molecule has 3 rings (SSSR count). The minimum absolute atomic E-state index is 0.352. The lowest BCUT2D eigenvalue weighted by molar-refractivity contribution is -0.605. The lowest BCUT2D eigenvalue weighted by atomic mass is 10.4. The van der Waals surface area contributed by atoms with Gasteiger partial charge < -0.3 is 9.94 Å². The van der Waals surface area contributed by atoms with Gasteiger partial charge in [0.15, 0.2) is 12.4 Å². The molecule has 6 heteroatoms. The van der Waals surface area contributed by atoms with E-state index in [-0.39, 0.29) is 0 Å². The standard InChI is InChI=1S/C12H10N4O2/c17-16-5-2-11(3-6-16)18-8-10-7-15-9-13-4-1-12(15)14-10/h1-7,9H,8H2. The SMILES string of the molecule is [O-][n+]1ccc(OCc2cn3cnccc3n2)cc1. The third kappa shape index (κ3) is 2.08. The van der Waals surface area contributed by atoms with E-state index >= 15 is 0 Å². The molecule has 0 unspecified atom stereocenters. The van der Waals surface area contributed by atoms with Crippen molar-refractivity contribution >= 4 is 5.65 Å². The van der Waals surface area contributed by atoms with Gasteiger partial charge in [0, 0.05) is 24.5 Å². The van der Waals surface area contributed by atoms with Crippen molar-refractivity contribution in [2.45, 2.75) is 6.61 Å². The third-order valence-electron chi connectivity index (χ3n) is 2.47. The molecule has 0 aliphatic rings. The summed E-state index contributed by atoms with van der Waals surface area (Å²) in [6.07, 6.45) is 8.02. The van der Waals surface area contributed by atoms with Gasteiger partial charge in [0.1, 0.15) is 24.3 Å². The van der Waals surface area contributed by atoms with Gasteiger partial charge in [0.2, 0.25) is 0 Å². The number of imidazole rings is 1. The average molecular weight is 242 g/mol. The van der Waals surface area contributed by atoms with Crippen molar-refractivity contribution in [2.75, 3.05) is 0 Å². The fourth-order valence-corrected chi connectivity index (χ4v) is 1.62. The molecule has 0 radical (unpaired) electrons. The molecule has 18 heavy (non-hydrogen) atoms. The van der Waals surface area contributed by atoms with Crippen LogP contribution in [0.3, 0.4) is 0 Å². The number of aromatic nitrogens is 4. The van der Waals surface area contributed by atoms with Crippen LogP contribution in [0.1, 0.15) is 5.69 Å². The number of fused-ring (bicyclic) bond motifs is 1. The highest BCUT2D eigenvalue weighted by Gasteiger charge is 2.02. The lowest BCUT2D eigenvalue weighted by Gasteiger charge is -2.02. The van der Waals surface area contributed by atoms with Gasteiger partial charge in [-0.05, 0) is 6.07 Å². The summed E-state index contributed by atoms with van der Waals surface area (Å²) in [7, 11) is 0. The van der Waals surface area contributed by atoms with E-state index in [1.807, 2.05) is 16.7 Å². The van der Waals surface area contributed by atoms with E-state index in [4.69, 9.17) is 4.74 Å². The molecular weight excluding hydrogens is 232 g/mol. The number of nitrogens with zero attached hydrogens (tertiary/aromatic N) is 4. The molecule has 0 bridgehead atoms. The van der Waals surface area contributed by atoms with Crippen LogP contribution in [0, 0.1) is 5.21 Å². The highest BCUT2D eigenvalue weighted by molar-refractivity contribution is 5.37. The summed E-state index contributed by atoms with van der Waals surface area (Å²) in [6, 6.07) is 5.06. The molecule has 0 saturated heterocycles. The van der Waals surface area contributed by atoms with Gasteiger partial charge in [-0.3, -0.25) is 4.40 Å². The summed E-state index contributed by atoms with van der Waals surface area (Å²) in [6.45, 7) is 0.352. The second-order valence-corrected chi connectivity index (χ2v) is 3.76. The van der Waals surface area contributed by atoms with Gasteiger partial charge in [-0.25, -0.2) is 9.97 Å². The fourth-order valence-electron chi connectivity index (χ4n) is 1.62. The summed E-state index contributed by atoms with van der Waals surface area (Å²) in [5.41, 5.74) is 1.64. The van der Waals surface area contributed by atoms with E-state index in [1.165, 1.54) is 12.4 Å². The highest BCUT2D eigenvalue weighted by Crippen LogP contribution is 2.10. The molecule has 0 aliphatic heterocycles. The normalized spacial score (nSPS) is 10.7. The molecule has 0 spiro atoms. The van der Waals surface area contributed by atoms with Crippen molar-refractivity contribution < 1.29 is 9.47 Å². The largest absolute Gasteiger partial charge is 0.619 e. The first-order valence-corrected chi connectivity index (χ1v) is 5.40. The monoisotopic (exact) mass is 242 g/mol. The maximum absolute atomic E-state index is 10.9. The summed E-state index contributed by atoms with van der Waals surface area (Å²) in [4.78, 5) is 8.38. The summed E-state index contributed by atoms with van der Waals surface area (Å²) in [5.74, 6) is 0.636. The molecule has 90 valence electrons. The molecular formula is C12H10N4O2. The quantitative estimate of drug-likeness (QED) is 0.506. The Hall–Kier alpha value is -2.63. The number of ether oxygens (including phenoxy) is 1. The van der Waals surface area contributed by atoms with Crippen LogP contribution in [-0.4, -0.2) is 14.4 Å². The molecule has 0 fully saturated rings. The Bertz CT molecular complexity index is 630. The Morgan fingerprint density at radius 1 is 1.28 bits per heavy atom. The maximum atomic E-state index is 10.9. The molecule has 3 aromatic rings. The summed E-state index contributed by atoms with van der Waals surface area (Å²) >= 11 is 0. The van der Waals surface area contributed by atoms with Gasteiger partial charge in [0.25, 0.3) is 0 Å². The number of pyridine rings is 1. The molecule has 0 amide bonds. The molecule has 0 saturated carbocycles. The predicted octanol–water partition coefficient (Wildman–Crippen LogP) is 0.942. The number of hydrogen-bond donors (Lipinski definition) is 0.